The van der Waals surface area contributed by atoms with Gasteiger partial charge in [0, 0.05) is 25.3 Å². The zero-order chi connectivity index (χ0) is 25.7. The maximum Gasteiger partial charge on any atom is 0.408 e. The van der Waals surface area contributed by atoms with Crippen LogP contribution in [0.25, 0.3) is 0 Å². The molecule has 0 aromatic heterocycles. The van der Waals surface area contributed by atoms with Crippen molar-refractivity contribution in [3.05, 3.63) is 35.9 Å². The van der Waals surface area contributed by atoms with Crippen LogP contribution in [0.3, 0.4) is 0 Å². The van der Waals surface area contributed by atoms with Crippen molar-refractivity contribution in [3.8, 4) is 0 Å². The molecule has 188 valence electrons. The van der Waals surface area contributed by atoms with Crippen molar-refractivity contribution >= 4 is 23.9 Å². The third-order valence-corrected chi connectivity index (χ3v) is 5.19. The minimum atomic E-state index is -0.977. The number of hydrogen-bond donors (Lipinski definition) is 2. The molecule has 3 atom stereocenters. The van der Waals surface area contributed by atoms with Crippen LogP contribution in [0, 0.1) is 5.92 Å². The third kappa shape index (κ3) is 8.35. The standard InChI is InChI=1S/C25H37N3O6/c1-24(2,3)33-22(31)20-17(15-19(26)29)12-13-28(20)21(30)18(14-16-10-8-7-9-11-16)27-23(32)34-25(4,5)6/h7-11,17-18,20H,12-15H2,1-6H3,(H2,26,29)(H,27,32)/t17-,18+,20+/m1/s1. The fraction of sp³-hybridized carbons (Fsp3) is 0.600. The molecule has 2 rings (SSSR count). The molecule has 1 heterocycles. The molecule has 0 aliphatic carbocycles. The fourth-order valence-electron chi connectivity index (χ4n) is 3.96. The molecule has 3 N–H and O–H groups in total. The lowest BCUT2D eigenvalue weighted by Gasteiger charge is -2.32. The highest BCUT2D eigenvalue weighted by molar-refractivity contribution is 5.91. The summed E-state index contributed by atoms with van der Waals surface area (Å²) in [5, 5.41) is 2.67. The fourth-order valence-corrected chi connectivity index (χ4v) is 3.96. The first kappa shape index (κ1) is 27.1. The number of nitrogens with zero attached hydrogens (tertiary/aromatic N) is 1. The van der Waals surface area contributed by atoms with Crippen molar-refractivity contribution in [3.63, 3.8) is 0 Å². The van der Waals surface area contributed by atoms with Gasteiger partial charge in [0.1, 0.15) is 23.3 Å². The quantitative estimate of drug-likeness (QED) is 0.583. The number of rotatable bonds is 7. The second-order valence-electron chi connectivity index (χ2n) is 10.6. The molecule has 0 spiro atoms. The highest BCUT2D eigenvalue weighted by atomic mass is 16.6. The predicted octanol–water partition coefficient (Wildman–Crippen LogP) is 2.56. The van der Waals surface area contributed by atoms with E-state index in [9.17, 15) is 19.2 Å². The normalized spacial score (nSPS) is 19.3. The lowest BCUT2D eigenvalue weighted by atomic mass is 9.95. The van der Waals surface area contributed by atoms with Crippen molar-refractivity contribution in [2.75, 3.05) is 6.54 Å². The number of ether oxygens (including phenoxy) is 2. The molecule has 34 heavy (non-hydrogen) atoms. The summed E-state index contributed by atoms with van der Waals surface area (Å²) in [6, 6.07) is 7.28. The predicted molar refractivity (Wildman–Crippen MR) is 127 cm³/mol. The largest absolute Gasteiger partial charge is 0.458 e. The number of primary amides is 1. The van der Waals surface area contributed by atoms with Crippen LogP contribution in [0.1, 0.15) is 59.9 Å². The molecule has 0 radical (unpaired) electrons. The maximum absolute atomic E-state index is 13.7. The molecule has 3 amide bonds. The van der Waals surface area contributed by atoms with Crippen LogP contribution in [0.5, 0.6) is 0 Å². The van der Waals surface area contributed by atoms with E-state index in [0.717, 1.165) is 5.56 Å². The van der Waals surface area contributed by atoms with Crippen LogP contribution >= 0.6 is 0 Å². The van der Waals surface area contributed by atoms with E-state index in [2.05, 4.69) is 5.32 Å². The Morgan fingerprint density at radius 2 is 1.62 bits per heavy atom. The van der Waals surface area contributed by atoms with Gasteiger partial charge in [-0.3, -0.25) is 9.59 Å². The van der Waals surface area contributed by atoms with Gasteiger partial charge in [-0.1, -0.05) is 30.3 Å². The van der Waals surface area contributed by atoms with Crippen molar-refractivity contribution in [1.29, 1.82) is 0 Å². The first-order valence-electron chi connectivity index (χ1n) is 11.5. The zero-order valence-corrected chi connectivity index (χ0v) is 20.9. The van der Waals surface area contributed by atoms with Crippen LogP contribution in [-0.4, -0.2) is 58.6 Å². The van der Waals surface area contributed by atoms with E-state index in [0.29, 0.717) is 6.42 Å². The SMILES string of the molecule is CC(C)(C)OC(=O)N[C@@H](Cc1ccccc1)C(=O)N1CC[C@H](CC(N)=O)[C@H]1C(=O)OC(C)(C)C. The van der Waals surface area contributed by atoms with Crippen molar-refractivity contribution in [1.82, 2.24) is 10.2 Å². The van der Waals surface area contributed by atoms with Crippen molar-refractivity contribution < 1.29 is 28.7 Å². The molecule has 1 aliphatic rings. The Balaban J connectivity index is 2.33. The Morgan fingerprint density at radius 1 is 1.03 bits per heavy atom. The maximum atomic E-state index is 13.7. The number of carbonyl (C=O) groups is 4. The summed E-state index contributed by atoms with van der Waals surface area (Å²) in [5.74, 6) is -2.06. The van der Waals surface area contributed by atoms with Crippen LogP contribution < -0.4 is 11.1 Å². The minimum absolute atomic E-state index is 0.0451. The molecule has 1 aromatic carbocycles. The topological polar surface area (TPSA) is 128 Å². The van der Waals surface area contributed by atoms with Gasteiger partial charge in [0.25, 0.3) is 0 Å². The van der Waals surface area contributed by atoms with E-state index in [1.54, 1.807) is 41.5 Å². The number of hydrogen-bond acceptors (Lipinski definition) is 6. The highest BCUT2D eigenvalue weighted by Crippen LogP contribution is 2.30. The lowest BCUT2D eigenvalue weighted by molar-refractivity contribution is -0.165. The number of alkyl carbamates (subject to hydrolysis) is 1. The molecule has 1 fully saturated rings. The summed E-state index contributed by atoms with van der Waals surface area (Å²) < 4.78 is 10.9. The minimum Gasteiger partial charge on any atom is -0.458 e. The summed E-state index contributed by atoms with van der Waals surface area (Å²) in [5.41, 5.74) is 4.71. The van der Waals surface area contributed by atoms with Gasteiger partial charge in [-0.05, 0) is 53.5 Å². The summed E-state index contributed by atoms with van der Waals surface area (Å²) in [7, 11) is 0. The van der Waals surface area contributed by atoms with E-state index in [1.165, 1.54) is 4.90 Å². The second kappa shape index (κ2) is 10.9. The highest BCUT2D eigenvalue weighted by Gasteiger charge is 2.46. The molecule has 1 aromatic rings. The Kier molecular flexibility index (Phi) is 8.69. The van der Waals surface area contributed by atoms with Gasteiger partial charge in [0.2, 0.25) is 11.8 Å². The first-order valence-corrected chi connectivity index (χ1v) is 11.5. The smallest absolute Gasteiger partial charge is 0.408 e. The van der Waals surface area contributed by atoms with Crippen LogP contribution in [0.2, 0.25) is 0 Å². The summed E-state index contributed by atoms with van der Waals surface area (Å²) in [6.07, 6.45) is -0.153. The van der Waals surface area contributed by atoms with E-state index in [-0.39, 0.29) is 19.4 Å². The number of likely N-dealkylation sites (tertiary alicyclic amines) is 1. The number of esters is 1. The van der Waals surface area contributed by atoms with E-state index < -0.39 is 53.1 Å². The van der Waals surface area contributed by atoms with Gasteiger partial charge in [0.05, 0.1) is 0 Å². The van der Waals surface area contributed by atoms with Crippen molar-refractivity contribution in [2.24, 2.45) is 11.7 Å². The number of nitrogens with one attached hydrogen (secondary N) is 1. The van der Waals surface area contributed by atoms with Gasteiger partial charge >= 0.3 is 12.1 Å². The molecule has 0 unspecified atom stereocenters. The van der Waals surface area contributed by atoms with E-state index in [4.69, 9.17) is 15.2 Å². The number of nitrogens with two attached hydrogens (primary N) is 1. The summed E-state index contributed by atoms with van der Waals surface area (Å²) in [6.45, 7) is 10.6. The number of amides is 3. The molecule has 0 bridgehead atoms. The van der Waals surface area contributed by atoms with Gasteiger partial charge in [0.15, 0.2) is 0 Å². The molecule has 9 nitrogen and oxygen atoms in total. The van der Waals surface area contributed by atoms with E-state index in [1.807, 2.05) is 30.3 Å². The second-order valence-corrected chi connectivity index (χ2v) is 10.6. The lowest BCUT2D eigenvalue weighted by Crippen LogP contribution is -2.55. The molecule has 1 saturated heterocycles. The Labute approximate surface area is 201 Å². The average molecular weight is 476 g/mol. The van der Waals surface area contributed by atoms with Crippen LogP contribution in [0.4, 0.5) is 4.79 Å². The number of benzene rings is 1. The first-order chi connectivity index (χ1) is 15.7. The van der Waals surface area contributed by atoms with Gasteiger partial charge in [-0.2, -0.15) is 0 Å². The molecular weight excluding hydrogens is 438 g/mol. The summed E-state index contributed by atoms with van der Waals surface area (Å²) in [4.78, 5) is 52.3. The Hall–Kier alpha value is -3.10. The monoisotopic (exact) mass is 475 g/mol. The third-order valence-electron chi connectivity index (χ3n) is 5.19. The molecule has 9 heteroatoms. The van der Waals surface area contributed by atoms with Gasteiger partial charge in [-0.15, -0.1) is 0 Å². The van der Waals surface area contributed by atoms with Gasteiger partial charge in [-0.25, -0.2) is 9.59 Å². The van der Waals surface area contributed by atoms with Crippen LogP contribution in [0.15, 0.2) is 30.3 Å². The van der Waals surface area contributed by atoms with E-state index >= 15 is 0 Å². The molecular formula is C25H37N3O6. The number of carbonyl (C=O) groups excluding carboxylic acids is 4. The van der Waals surface area contributed by atoms with Crippen molar-refractivity contribution in [2.45, 2.75) is 84.1 Å². The Morgan fingerprint density at radius 3 is 2.15 bits per heavy atom. The zero-order valence-electron chi connectivity index (χ0n) is 20.9. The molecule has 1 aliphatic heterocycles. The van der Waals surface area contributed by atoms with Crippen LogP contribution in [-0.2, 0) is 30.3 Å². The molecule has 0 saturated carbocycles. The van der Waals surface area contributed by atoms with Gasteiger partial charge < -0.3 is 25.4 Å². The average Bonchev–Trinajstić information content (AvgIpc) is 3.07. The summed E-state index contributed by atoms with van der Waals surface area (Å²) >= 11 is 0. The Bertz CT molecular complexity index is 888.